The van der Waals surface area contributed by atoms with Gasteiger partial charge in [-0.2, -0.15) is 5.10 Å². The molecule has 2 aliphatic rings. The summed E-state index contributed by atoms with van der Waals surface area (Å²) in [7, 11) is 2.16. The fourth-order valence-electron chi connectivity index (χ4n) is 3.31. The maximum Gasteiger partial charge on any atom is 0.272 e. The Kier molecular flexibility index (Phi) is 4.88. The number of rotatable bonds is 5. The molecule has 7 heteroatoms. The van der Waals surface area contributed by atoms with E-state index in [2.05, 4.69) is 37.3 Å². The molecule has 2 N–H and O–H groups in total. The SMILES string of the molecule is CN1CCCN(c2ccc(CNC(=O)c3cc(C4CC4)[nH]n3)cn2)CC1. The lowest BCUT2D eigenvalue weighted by Crippen LogP contribution is -2.29. The summed E-state index contributed by atoms with van der Waals surface area (Å²) < 4.78 is 0. The molecule has 138 valence electrons. The Balaban J connectivity index is 1.31. The maximum atomic E-state index is 12.2. The number of aromatic nitrogens is 3. The molecule has 26 heavy (non-hydrogen) atoms. The highest BCUT2D eigenvalue weighted by Gasteiger charge is 2.26. The number of nitrogens with one attached hydrogen (secondary N) is 2. The van der Waals surface area contributed by atoms with E-state index in [0.717, 1.165) is 49.7 Å². The third-order valence-corrected chi connectivity index (χ3v) is 5.15. The number of H-pyrrole nitrogens is 1. The first-order valence-electron chi connectivity index (χ1n) is 9.41. The first kappa shape index (κ1) is 17.0. The van der Waals surface area contributed by atoms with Crippen molar-refractivity contribution in [3.63, 3.8) is 0 Å². The van der Waals surface area contributed by atoms with Crippen LogP contribution in [0.4, 0.5) is 5.82 Å². The van der Waals surface area contributed by atoms with Crippen LogP contribution >= 0.6 is 0 Å². The van der Waals surface area contributed by atoms with Crippen molar-refractivity contribution in [2.75, 3.05) is 38.1 Å². The lowest BCUT2D eigenvalue weighted by Gasteiger charge is -2.21. The van der Waals surface area contributed by atoms with E-state index < -0.39 is 0 Å². The van der Waals surface area contributed by atoms with Crippen molar-refractivity contribution in [2.24, 2.45) is 0 Å². The zero-order chi connectivity index (χ0) is 17.9. The molecule has 0 atom stereocenters. The predicted octanol–water partition coefficient (Wildman–Crippen LogP) is 1.75. The van der Waals surface area contributed by atoms with E-state index in [-0.39, 0.29) is 5.91 Å². The highest BCUT2D eigenvalue weighted by atomic mass is 16.1. The van der Waals surface area contributed by atoms with Gasteiger partial charge in [0.15, 0.2) is 0 Å². The third kappa shape index (κ3) is 4.04. The van der Waals surface area contributed by atoms with Crippen molar-refractivity contribution in [3.05, 3.63) is 41.3 Å². The molecule has 7 nitrogen and oxygen atoms in total. The largest absolute Gasteiger partial charge is 0.355 e. The number of carbonyl (C=O) groups is 1. The molecule has 2 aromatic rings. The van der Waals surface area contributed by atoms with Gasteiger partial charge < -0.3 is 15.1 Å². The van der Waals surface area contributed by atoms with Crippen LogP contribution in [0.3, 0.4) is 0 Å². The minimum Gasteiger partial charge on any atom is -0.355 e. The van der Waals surface area contributed by atoms with Crippen molar-refractivity contribution >= 4 is 11.7 Å². The molecule has 0 bridgehead atoms. The highest BCUT2D eigenvalue weighted by Crippen LogP contribution is 2.38. The van der Waals surface area contributed by atoms with E-state index in [1.54, 1.807) is 0 Å². The second kappa shape index (κ2) is 7.45. The Labute approximate surface area is 153 Å². The van der Waals surface area contributed by atoms with Crippen LogP contribution in [0, 0.1) is 0 Å². The lowest BCUT2D eigenvalue weighted by atomic mass is 10.2. The van der Waals surface area contributed by atoms with Gasteiger partial charge >= 0.3 is 0 Å². The first-order chi connectivity index (χ1) is 12.7. The minimum atomic E-state index is -0.146. The maximum absolute atomic E-state index is 12.2. The van der Waals surface area contributed by atoms with Crippen molar-refractivity contribution < 1.29 is 4.79 Å². The second-order valence-electron chi connectivity index (χ2n) is 7.33. The molecule has 1 saturated heterocycles. The molecule has 1 amide bonds. The van der Waals surface area contributed by atoms with Crippen LogP contribution in [0.15, 0.2) is 24.4 Å². The van der Waals surface area contributed by atoms with Gasteiger partial charge in [-0.1, -0.05) is 6.07 Å². The average Bonchev–Trinajstić information content (AvgIpc) is 3.43. The Bertz CT molecular complexity index is 752. The number of carbonyl (C=O) groups excluding carboxylic acids is 1. The summed E-state index contributed by atoms with van der Waals surface area (Å²) in [6.07, 6.45) is 5.38. The summed E-state index contributed by atoms with van der Waals surface area (Å²) in [6, 6.07) is 5.95. The van der Waals surface area contributed by atoms with Crippen molar-refractivity contribution in [1.82, 2.24) is 25.4 Å². The van der Waals surface area contributed by atoms with Crippen LogP contribution < -0.4 is 10.2 Å². The predicted molar refractivity (Wildman–Crippen MR) is 100 cm³/mol. The van der Waals surface area contributed by atoms with E-state index in [1.165, 1.54) is 12.8 Å². The highest BCUT2D eigenvalue weighted by molar-refractivity contribution is 5.92. The van der Waals surface area contributed by atoms with Crippen LogP contribution in [-0.4, -0.2) is 59.2 Å². The number of hydrogen-bond acceptors (Lipinski definition) is 5. The van der Waals surface area contributed by atoms with Gasteiger partial charge in [0.2, 0.25) is 0 Å². The molecule has 0 aromatic carbocycles. The van der Waals surface area contributed by atoms with Crippen molar-refractivity contribution in [3.8, 4) is 0 Å². The Morgan fingerprint density at radius 1 is 1.27 bits per heavy atom. The normalized spacial score (nSPS) is 18.6. The van der Waals surface area contributed by atoms with Crippen LogP contribution in [-0.2, 0) is 6.54 Å². The molecule has 1 saturated carbocycles. The monoisotopic (exact) mass is 354 g/mol. The van der Waals surface area contributed by atoms with Gasteiger partial charge in [-0.15, -0.1) is 0 Å². The zero-order valence-corrected chi connectivity index (χ0v) is 15.2. The number of pyridine rings is 1. The van der Waals surface area contributed by atoms with E-state index in [1.807, 2.05) is 24.4 Å². The van der Waals surface area contributed by atoms with Gasteiger partial charge in [-0.25, -0.2) is 4.98 Å². The van der Waals surface area contributed by atoms with Crippen LogP contribution in [0.25, 0.3) is 0 Å². The third-order valence-electron chi connectivity index (χ3n) is 5.15. The van der Waals surface area contributed by atoms with Gasteiger partial charge in [0.25, 0.3) is 5.91 Å². The van der Waals surface area contributed by atoms with Crippen LogP contribution in [0.1, 0.15) is 46.9 Å². The van der Waals surface area contributed by atoms with E-state index >= 15 is 0 Å². The number of anilines is 1. The lowest BCUT2D eigenvalue weighted by molar-refractivity contribution is 0.0946. The number of hydrogen-bond donors (Lipinski definition) is 2. The fourth-order valence-corrected chi connectivity index (χ4v) is 3.31. The smallest absolute Gasteiger partial charge is 0.272 e. The molecule has 0 unspecified atom stereocenters. The van der Waals surface area contributed by atoms with Gasteiger partial charge in [0, 0.05) is 44.0 Å². The molecule has 0 radical (unpaired) electrons. The molecule has 1 aliphatic carbocycles. The summed E-state index contributed by atoms with van der Waals surface area (Å²) in [6.45, 7) is 4.70. The molecular weight excluding hydrogens is 328 g/mol. The van der Waals surface area contributed by atoms with E-state index in [0.29, 0.717) is 18.2 Å². The molecule has 3 heterocycles. The van der Waals surface area contributed by atoms with Gasteiger partial charge in [0.1, 0.15) is 11.5 Å². The quantitative estimate of drug-likeness (QED) is 0.855. The van der Waals surface area contributed by atoms with E-state index in [4.69, 9.17) is 0 Å². The average molecular weight is 354 g/mol. The zero-order valence-electron chi connectivity index (χ0n) is 15.2. The summed E-state index contributed by atoms with van der Waals surface area (Å²) in [5.74, 6) is 1.43. The summed E-state index contributed by atoms with van der Waals surface area (Å²) in [5, 5.41) is 10.0. The van der Waals surface area contributed by atoms with Gasteiger partial charge in [0.05, 0.1) is 0 Å². The number of amides is 1. The summed E-state index contributed by atoms with van der Waals surface area (Å²) >= 11 is 0. The topological polar surface area (TPSA) is 77.1 Å². The Hall–Kier alpha value is -2.41. The molecule has 0 spiro atoms. The number of aromatic amines is 1. The number of nitrogens with zero attached hydrogens (tertiary/aromatic N) is 4. The minimum absolute atomic E-state index is 0.146. The number of likely N-dealkylation sites (N-methyl/N-ethyl adjacent to an activating group) is 1. The molecular formula is C19H26N6O. The summed E-state index contributed by atoms with van der Waals surface area (Å²) in [4.78, 5) is 21.5. The van der Waals surface area contributed by atoms with Crippen LogP contribution in [0.5, 0.6) is 0 Å². The molecule has 2 aromatic heterocycles. The summed E-state index contributed by atoms with van der Waals surface area (Å²) in [5.41, 5.74) is 2.53. The second-order valence-corrected chi connectivity index (χ2v) is 7.33. The Morgan fingerprint density at radius 3 is 2.92 bits per heavy atom. The molecule has 1 aliphatic heterocycles. The molecule has 4 rings (SSSR count). The van der Waals surface area contributed by atoms with E-state index in [9.17, 15) is 4.79 Å². The fraction of sp³-hybridized carbons (Fsp3) is 0.526. The van der Waals surface area contributed by atoms with Gasteiger partial charge in [-0.05, 0) is 50.6 Å². The van der Waals surface area contributed by atoms with Crippen LogP contribution in [0.2, 0.25) is 0 Å². The molecule has 2 fully saturated rings. The van der Waals surface area contributed by atoms with Gasteiger partial charge in [-0.3, -0.25) is 9.89 Å². The first-order valence-corrected chi connectivity index (χ1v) is 9.41. The standard InChI is InChI=1S/C19H26N6O/c1-24-7-2-8-25(10-9-24)18-6-3-14(12-20-18)13-21-19(26)17-11-16(22-23-17)15-4-5-15/h3,6,11-12,15H,2,4-5,7-10,13H2,1H3,(H,21,26)(H,22,23). The van der Waals surface area contributed by atoms with Crippen molar-refractivity contribution in [2.45, 2.75) is 31.7 Å². The Morgan fingerprint density at radius 2 is 2.15 bits per heavy atom. The van der Waals surface area contributed by atoms with Crippen molar-refractivity contribution in [1.29, 1.82) is 0 Å².